The number of nitrogens with zero attached hydrogens (tertiary/aromatic N) is 1. The Balaban J connectivity index is 1.45. The molecule has 0 spiro atoms. The van der Waals surface area contributed by atoms with Crippen molar-refractivity contribution in [1.82, 2.24) is 10.3 Å². The summed E-state index contributed by atoms with van der Waals surface area (Å²) in [4.78, 5) is 4.86. The lowest BCUT2D eigenvalue weighted by molar-refractivity contribution is 0.161. The molecule has 5 heteroatoms. The molecule has 1 heterocycles. The van der Waals surface area contributed by atoms with Gasteiger partial charge in [-0.3, -0.25) is 0 Å². The lowest BCUT2D eigenvalue weighted by Gasteiger charge is -2.32. The Morgan fingerprint density at radius 3 is 2.51 bits per heavy atom. The van der Waals surface area contributed by atoms with E-state index in [1.54, 1.807) is 7.11 Å². The minimum atomic E-state index is 0.407. The van der Waals surface area contributed by atoms with Crippen LogP contribution in [0.15, 0.2) is 36.5 Å². The van der Waals surface area contributed by atoms with Crippen molar-refractivity contribution in [2.45, 2.75) is 96.7 Å². The van der Waals surface area contributed by atoms with Crippen molar-refractivity contribution in [2.75, 3.05) is 30.9 Å². The summed E-state index contributed by atoms with van der Waals surface area (Å²) in [5, 5.41) is 11.2. The zero-order valence-corrected chi connectivity index (χ0v) is 22.5. The molecule has 1 aromatic heterocycles. The third-order valence-electron chi connectivity index (χ3n) is 8.09. The summed E-state index contributed by atoms with van der Waals surface area (Å²) in [6, 6.07) is 12.7. The van der Waals surface area contributed by atoms with Crippen LogP contribution in [-0.4, -0.2) is 43.4 Å². The van der Waals surface area contributed by atoms with E-state index in [-0.39, 0.29) is 0 Å². The number of methoxy groups -OCH3 is 1. The molecule has 4 rings (SSSR count). The van der Waals surface area contributed by atoms with E-state index in [2.05, 4.69) is 80.2 Å². The Morgan fingerprint density at radius 2 is 1.83 bits per heavy atom. The lowest BCUT2D eigenvalue weighted by Crippen LogP contribution is -2.42. The van der Waals surface area contributed by atoms with E-state index in [0.717, 1.165) is 25.4 Å². The molecule has 0 bridgehead atoms. The number of nitrogens with one attached hydrogen (secondary N) is 3. The molecule has 0 saturated heterocycles. The predicted octanol–water partition coefficient (Wildman–Crippen LogP) is 6.82. The van der Waals surface area contributed by atoms with E-state index >= 15 is 0 Å². The maximum Gasteiger partial charge on any atom is 0.126 e. The van der Waals surface area contributed by atoms with Gasteiger partial charge < -0.3 is 20.7 Å². The molecule has 1 aromatic carbocycles. The highest BCUT2D eigenvalue weighted by molar-refractivity contribution is 5.73. The summed E-state index contributed by atoms with van der Waals surface area (Å²) >= 11 is 0. The van der Waals surface area contributed by atoms with Crippen molar-refractivity contribution >= 4 is 11.5 Å². The summed E-state index contributed by atoms with van der Waals surface area (Å²) in [6.07, 6.45) is 10.6. The van der Waals surface area contributed by atoms with Gasteiger partial charge in [-0.2, -0.15) is 0 Å². The normalized spacial score (nSPS) is 22.9. The van der Waals surface area contributed by atoms with Gasteiger partial charge in [0.1, 0.15) is 5.82 Å². The zero-order chi connectivity index (χ0) is 24.8. The van der Waals surface area contributed by atoms with Crippen molar-refractivity contribution in [3.8, 4) is 11.1 Å². The van der Waals surface area contributed by atoms with Crippen molar-refractivity contribution in [2.24, 2.45) is 5.41 Å². The second kappa shape index (κ2) is 11.7. The van der Waals surface area contributed by atoms with Gasteiger partial charge in [-0.15, -0.1) is 0 Å². The molecule has 2 aliphatic carbocycles. The van der Waals surface area contributed by atoms with Gasteiger partial charge in [0.05, 0.1) is 6.61 Å². The molecule has 2 atom stereocenters. The van der Waals surface area contributed by atoms with Gasteiger partial charge >= 0.3 is 0 Å². The van der Waals surface area contributed by atoms with Crippen LogP contribution in [0.5, 0.6) is 0 Å². The molecule has 5 nitrogen and oxygen atoms in total. The molecular weight excluding hydrogens is 432 g/mol. The van der Waals surface area contributed by atoms with Gasteiger partial charge in [0.25, 0.3) is 0 Å². The van der Waals surface area contributed by atoms with Gasteiger partial charge in [-0.05, 0) is 98.1 Å². The van der Waals surface area contributed by atoms with Crippen LogP contribution < -0.4 is 16.0 Å². The Labute approximate surface area is 212 Å². The molecule has 0 radical (unpaired) electrons. The number of pyridine rings is 1. The van der Waals surface area contributed by atoms with E-state index in [1.807, 2.05) is 0 Å². The molecule has 2 saturated carbocycles. The Morgan fingerprint density at radius 1 is 1.09 bits per heavy atom. The fourth-order valence-corrected chi connectivity index (χ4v) is 5.22. The highest BCUT2D eigenvalue weighted by Gasteiger charge is 2.36. The molecule has 0 amide bonds. The summed E-state index contributed by atoms with van der Waals surface area (Å²) in [6.45, 7) is 11.0. The summed E-state index contributed by atoms with van der Waals surface area (Å²) in [7, 11) is 1.77. The van der Waals surface area contributed by atoms with Crippen molar-refractivity contribution in [1.29, 1.82) is 0 Å². The smallest absolute Gasteiger partial charge is 0.126 e. The minimum Gasteiger partial charge on any atom is -0.384 e. The summed E-state index contributed by atoms with van der Waals surface area (Å²) in [5.74, 6) is 1.48. The first-order chi connectivity index (χ1) is 16.9. The quantitative estimate of drug-likeness (QED) is 0.312. The first-order valence-corrected chi connectivity index (χ1v) is 13.7. The van der Waals surface area contributed by atoms with Gasteiger partial charge in [0.15, 0.2) is 0 Å². The van der Waals surface area contributed by atoms with Gasteiger partial charge in [0.2, 0.25) is 0 Å². The third-order valence-corrected chi connectivity index (χ3v) is 8.09. The Bertz CT molecular complexity index is 949. The predicted molar refractivity (Wildman–Crippen MR) is 148 cm³/mol. The number of benzene rings is 1. The molecule has 0 aliphatic heterocycles. The van der Waals surface area contributed by atoms with Crippen LogP contribution in [0.25, 0.3) is 11.1 Å². The number of hydrogen-bond donors (Lipinski definition) is 3. The van der Waals surface area contributed by atoms with Crippen LogP contribution in [-0.2, 0) is 4.74 Å². The maximum atomic E-state index is 5.28. The first-order valence-electron chi connectivity index (χ1n) is 13.7. The first kappa shape index (κ1) is 26.0. The van der Waals surface area contributed by atoms with Crippen LogP contribution in [0.4, 0.5) is 11.5 Å². The molecule has 2 fully saturated rings. The van der Waals surface area contributed by atoms with Crippen molar-refractivity contribution < 1.29 is 4.74 Å². The standard InChI is InChI=1S/C30H46N4O/c1-6-21(2)28-18-31-29(34-25-12-10-24(11-13-25)33-22(3)19-35-5)17-27(28)23-8-7-9-26(16-23)32-20-30(4)14-15-30/h7-9,16-18,21-22,24-25,32-33H,6,10-15,19-20H2,1-5H3,(H,31,34). The third kappa shape index (κ3) is 7.20. The van der Waals surface area contributed by atoms with Crippen molar-refractivity contribution in [3.05, 3.63) is 42.1 Å². The second-order valence-electron chi connectivity index (χ2n) is 11.4. The zero-order valence-electron chi connectivity index (χ0n) is 22.5. The van der Waals surface area contributed by atoms with Crippen molar-refractivity contribution in [3.63, 3.8) is 0 Å². The van der Waals surface area contributed by atoms with Crippen LogP contribution in [0, 0.1) is 5.41 Å². The Hall–Kier alpha value is -2.11. The monoisotopic (exact) mass is 478 g/mol. The van der Waals surface area contributed by atoms with Gasteiger partial charge in [0, 0.05) is 43.7 Å². The maximum absolute atomic E-state index is 5.28. The highest BCUT2D eigenvalue weighted by atomic mass is 16.5. The Kier molecular flexibility index (Phi) is 8.72. The number of hydrogen-bond acceptors (Lipinski definition) is 5. The topological polar surface area (TPSA) is 58.2 Å². The fourth-order valence-electron chi connectivity index (χ4n) is 5.22. The van der Waals surface area contributed by atoms with Crippen LogP contribution in [0.2, 0.25) is 0 Å². The lowest BCUT2D eigenvalue weighted by atomic mass is 9.90. The van der Waals surface area contributed by atoms with Crippen LogP contribution in [0.1, 0.15) is 84.1 Å². The van der Waals surface area contributed by atoms with Crippen LogP contribution in [0.3, 0.4) is 0 Å². The van der Waals surface area contributed by atoms with Gasteiger partial charge in [-0.25, -0.2) is 4.98 Å². The van der Waals surface area contributed by atoms with Crippen LogP contribution >= 0.6 is 0 Å². The molecule has 3 N–H and O–H groups in total. The van der Waals surface area contributed by atoms with Gasteiger partial charge in [-0.1, -0.05) is 32.9 Å². The largest absolute Gasteiger partial charge is 0.384 e. The SMILES string of the molecule is CCC(C)c1cnc(NC2CCC(NC(C)COC)CC2)cc1-c1cccc(NCC2(C)CC2)c1. The molecule has 2 aromatic rings. The average Bonchev–Trinajstić information content (AvgIpc) is 3.61. The van der Waals surface area contributed by atoms with E-state index < -0.39 is 0 Å². The second-order valence-corrected chi connectivity index (χ2v) is 11.4. The minimum absolute atomic E-state index is 0.407. The van der Waals surface area contributed by atoms with E-state index in [0.29, 0.717) is 29.5 Å². The summed E-state index contributed by atoms with van der Waals surface area (Å²) in [5.41, 5.74) is 5.62. The number of ether oxygens (including phenoxy) is 1. The van der Waals surface area contributed by atoms with E-state index in [9.17, 15) is 0 Å². The molecule has 2 aliphatic rings. The summed E-state index contributed by atoms with van der Waals surface area (Å²) < 4.78 is 5.28. The highest BCUT2D eigenvalue weighted by Crippen LogP contribution is 2.45. The molecule has 35 heavy (non-hydrogen) atoms. The molecule has 192 valence electrons. The average molecular weight is 479 g/mol. The molecule has 2 unspecified atom stereocenters. The van der Waals surface area contributed by atoms with E-state index in [4.69, 9.17) is 9.72 Å². The number of anilines is 2. The van der Waals surface area contributed by atoms with E-state index in [1.165, 1.54) is 60.9 Å². The fraction of sp³-hybridized carbons (Fsp3) is 0.633. The number of rotatable bonds is 12. The number of aromatic nitrogens is 1. The molecular formula is C30H46N4O.